The Kier molecular flexibility index (Phi) is 20.7. The number of anilines is 2. The van der Waals surface area contributed by atoms with Gasteiger partial charge in [0.1, 0.15) is 48.1 Å². The summed E-state index contributed by atoms with van der Waals surface area (Å²) in [5.41, 5.74) is 4.66. The van der Waals surface area contributed by atoms with E-state index in [0.717, 1.165) is 19.1 Å². The van der Waals surface area contributed by atoms with Crippen molar-refractivity contribution in [1.82, 2.24) is 46.8 Å². The van der Waals surface area contributed by atoms with Crippen LogP contribution in [0.25, 0.3) is 11.3 Å². The molecule has 1 fully saturated rings. The first-order valence-electron chi connectivity index (χ1n) is 22.9. The Bertz CT molecular complexity index is 2520. The predicted molar refractivity (Wildman–Crippen MR) is 250 cm³/mol. The molecule has 1 aliphatic carbocycles. The lowest BCUT2D eigenvalue weighted by atomic mass is 10.0. The van der Waals surface area contributed by atoms with Gasteiger partial charge in [0.2, 0.25) is 58.6 Å². The molecule has 4 rings (SSSR count). The Morgan fingerprint density at radius 1 is 0.770 bits per heavy atom. The second-order valence-electron chi connectivity index (χ2n) is 17.6. The van der Waals surface area contributed by atoms with Crippen LogP contribution in [0.1, 0.15) is 58.9 Å². The Labute approximate surface area is 419 Å². The molecule has 74 heavy (non-hydrogen) atoms. The summed E-state index contributed by atoms with van der Waals surface area (Å²) in [5, 5.41) is 91.4. The second kappa shape index (κ2) is 26.1. The van der Waals surface area contributed by atoms with Crippen LogP contribution in [-0.4, -0.2) is 192 Å². The quantitative estimate of drug-likeness (QED) is 0.0434. The molecule has 31 nitrogen and oxygen atoms in total. The van der Waals surface area contributed by atoms with Gasteiger partial charge in [0.15, 0.2) is 11.9 Å². The number of phenolic OH excluding ortho intramolecular Hbond substituents is 1. The molecular formula is C43H60N12O19. The number of carbonyl (C=O) groups is 11. The molecule has 0 aromatic heterocycles. The fourth-order valence-electron chi connectivity index (χ4n) is 7.68. The molecule has 0 aromatic carbocycles. The van der Waals surface area contributed by atoms with E-state index in [0.29, 0.717) is 11.5 Å². The van der Waals surface area contributed by atoms with E-state index >= 15 is 0 Å². The van der Waals surface area contributed by atoms with Gasteiger partial charge in [-0.15, -0.1) is 0 Å². The van der Waals surface area contributed by atoms with Crippen molar-refractivity contribution >= 4 is 76.5 Å². The third kappa shape index (κ3) is 15.0. The predicted octanol–water partition coefficient (Wildman–Crippen LogP) is -7.28. The van der Waals surface area contributed by atoms with Gasteiger partial charge in [0, 0.05) is 37.6 Å². The molecule has 9 atom stereocenters. The molecule has 4 aliphatic rings. The van der Waals surface area contributed by atoms with Crippen molar-refractivity contribution in [3.05, 3.63) is 28.4 Å². The lowest BCUT2D eigenvalue weighted by molar-refractivity contribution is -0.173. The molecule has 1 saturated heterocycles. The van der Waals surface area contributed by atoms with Crippen molar-refractivity contribution in [2.45, 2.75) is 107 Å². The Morgan fingerprint density at radius 2 is 1.41 bits per heavy atom. The third-order valence-electron chi connectivity index (χ3n) is 11.6. The summed E-state index contributed by atoms with van der Waals surface area (Å²) in [6, 6.07) is -8.39. The van der Waals surface area contributed by atoms with Crippen LogP contribution in [0.5, 0.6) is 5.75 Å². The smallest absolute Gasteiger partial charge is 0.335 e. The number of carbonyl (C=O) groups excluding carboxylic acids is 10. The van der Waals surface area contributed by atoms with E-state index in [-0.39, 0.29) is 61.5 Å². The Balaban J connectivity index is 1.44. The molecule has 0 spiro atoms. The highest BCUT2D eigenvalue weighted by Gasteiger charge is 2.39. The van der Waals surface area contributed by atoms with E-state index in [9.17, 15) is 93.4 Å². The van der Waals surface area contributed by atoms with Gasteiger partial charge < -0.3 is 88.8 Å². The first-order chi connectivity index (χ1) is 34.8. The van der Waals surface area contributed by atoms with Gasteiger partial charge in [-0.05, 0) is 44.2 Å². The van der Waals surface area contributed by atoms with E-state index in [4.69, 9.17) is 5.73 Å². The molecule has 0 bridgehead atoms. The molecule has 10 amide bonds. The average Bonchev–Trinajstić information content (AvgIpc) is 3.34. The summed E-state index contributed by atoms with van der Waals surface area (Å²) in [5.74, 6) is -14.1. The third-order valence-corrected chi connectivity index (χ3v) is 11.6. The van der Waals surface area contributed by atoms with E-state index in [2.05, 4.69) is 37.2 Å². The topological polar surface area (TPSA) is 489 Å². The molecule has 0 saturated carbocycles. The zero-order valence-corrected chi connectivity index (χ0v) is 40.1. The summed E-state index contributed by atoms with van der Waals surface area (Å²) < 4.78 is 1.31. The number of pyridine rings is 1. The standard InChI is InChI=1S/C43H60N12O19/c1-17(2)31(52-37(66)23(16-57)49-38(67)24-8-9-45-35-21(47-29(62)7-6-28(44)61)11-19-12-26(59)27(60)13-25(19)55(24)35)40(69)53-33(34(64)43(72)73)39(68)46-14-30(63)51-32(18(3)58)41(70)50-22(15-56)36(65)48-20-5-4-10-54(74)42(20)71/h11-13,17-18,20,22-24,31-34,45,56-59,64,74H,4-10,14-16H2,1-3H3,(H2,44,61)(H,46,68)(H,47,62)(H,48,65)(H,49,67)(H,50,70)(H,51,63)(H,52,66)(H,53,69)(H,72,73). The number of nitrogens with zero attached hydrogens (tertiary/aromatic N) is 2. The molecule has 3 aliphatic heterocycles. The zero-order valence-electron chi connectivity index (χ0n) is 40.1. The number of hydrogen-bond donors (Lipinski definition) is 17. The first-order valence-corrected chi connectivity index (χ1v) is 22.9. The highest BCUT2D eigenvalue weighted by atomic mass is 16.5. The lowest BCUT2D eigenvalue weighted by Gasteiger charge is -2.34. The minimum Gasteiger partial charge on any atom is -0.504 e. The van der Waals surface area contributed by atoms with E-state index in [1.807, 2.05) is 10.6 Å². The van der Waals surface area contributed by atoms with Crippen molar-refractivity contribution in [2.24, 2.45) is 11.7 Å². The van der Waals surface area contributed by atoms with E-state index in [1.165, 1.54) is 24.5 Å². The minimum atomic E-state index is -2.69. The van der Waals surface area contributed by atoms with Gasteiger partial charge >= 0.3 is 5.97 Å². The first kappa shape index (κ1) is 58.6. The van der Waals surface area contributed by atoms with Gasteiger partial charge in [0.05, 0.1) is 37.2 Å². The number of benzene rings is 1. The number of primary amides is 1. The van der Waals surface area contributed by atoms with Crippen LogP contribution < -0.4 is 59.0 Å². The maximum atomic E-state index is 14.0. The number of aromatic hydroxyl groups is 1. The average molecular weight is 1050 g/mol. The number of fused-ring (bicyclic) bond motifs is 3. The number of rotatable bonds is 24. The molecular weight excluding hydrogens is 989 g/mol. The summed E-state index contributed by atoms with van der Waals surface area (Å²) in [4.78, 5) is 154. The largest absolute Gasteiger partial charge is 0.504 e. The van der Waals surface area contributed by atoms with Gasteiger partial charge in [-0.25, -0.2) is 9.86 Å². The monoisotopic (exact) mass is 1050 g/mol. The molecule has 18 N–H and O–H groups in total. The van der Waals surface area contributed by atoms with Crippen LogP contribution in [0.2, 0.25) is 0 Å². The van der Waals surface area contributed by atoms with Crippen molar-refractivity contribution in [1.29, 1.82) is 0 Å². The van der Waals surface area contributed by atoms with Crippen molar-refractivity contribution < 1.29 is 88.6 Å². The lowest BCUT2D eigenvalue weighted by Crippen LogP contribution is -2.63. The van der Waals surface area contributed by atoms with E-state index in [1.54, 1.807) is 0 Å². The number of hydroxylamine groups is 2. The van der Waals surface area contributed by atoms with Gasteiger partial charge in [-0.2, -0.15) is 0 Å². The fourth-order valence-corrected chi connectivity index (χ4v) is 7.68. The highest BCUT2D eigenvalue weighted by Crippen LogP contribution is 2.39. The number of carboxylic acids is 1. The van der Waals surface area contributed by atoms with Crippen LogP contribution in [0, 0.1) is 5.92 Å². The zero-order chi connectivity index (χ0) is 55.3. The van der Waals surface area contributed by atoms with Crippen LogP contribution in [0.3, 0.4) is 0 Å². The van der Waals surface area contributed by atoms with Crippen molar-refractivity contribution in [3.63, 3.8) is 0 Å². The molecule has 3 heterocycles. The highest BCUT2D eigenvalue weighted by molar-refractivity contribution is 6.00. The van der Waals surface area contributed by atoms with E-state index < -0.39 is 156 Å². The van der Waals surface area contributed by atoms with Crippen LogP contribution in [0.15, 0.2) is 23.0 Å². The number of aliphatic hydroxyl groups excluding tert-OH is 4. The summed E-state index contributed by atoms with van der Waals surface area (Å²) >= 11 is 0. The second-order valence-corrected chi connectivity index (χ2v) is 17.6. The van der Waals surface area contributed by atoms with Gasteiger partial charge in [-0.1, -0.05) is 13.8 Å². The number of aromatic nitrogens is 1. The van der Waals surface area contributed by atoms with Crippen LogP contribution >= 0.6 is 0 Å². The molecule has 31 heteroatoms. The number of piperidine rings is 1. The fraction of sp³-hybridized carbons (Fsp3) is 0.535. The molecule has 0 radical (unpaired) electrons. The SMILES string of the molecule is CC(C)C(NC(=O)C(CO)NC(=O)C1CCNc2c(NC(=O)CCC(N)=O)cc3cc(O)c(=O)cc-3n21)C(=O)NC(C(=O)NCC(=O)NC(C(=O)NC(CO)C(=O)NC1CCCN(O)C1=O)C(C)O)C(O)C(=O)O. The summed E-state index contributed by atoms with van der Waals surface area (Å²) in [7, 11) is 0. The number of carboxylic acid groups (broad SMARTS) is 1. The van der Waals surface area contributed by atoms with Crippen LogP contribution in [-0.2, 0) is 52.7 Å². The maximum Gasteiger partial charge on any atom is 0.335 e. The van der Waals surface area contributed by atoms with Crippen LogP contribution in [0.4, 0.5) is 11.5 Å². The summed E-state index contributed by atoms with van der Waals surface area (Å²) in [6.45, 7) is 0.755. The molecule has 0 aromatic rings. The number of aliphatic hydroxyl groups is 4. The Hall–Kier alpha value is -8.00. The number of hydrogen-bond acceptors (Lipinski definition) is 19. The van der Waals surface area contributed by atoms with Crippen molar-refractivity contribution in [2.75, 3.05) is 43.5 Å². The summed E-state index contributed by atoms with van der Waals surface area (Å²) in [6.07, 6.45) is -4.55. The number of aliphatic carboxylic acids is 1. The Morgan fingerprint density at radius 3 is 2.01 bits per heavy atom. The maximum absolute atomic E-state index is 14.0. The minimum absolute atomic E-state index is 0.0141. The van der Waals surface area contributed by atoms with Gasteiger partial charge in [-0.3, -0.25) is 57.9 Å². The van der Waals surface area contributed by atoms with Gasteiger partial charge in [0.25, 0.3) is 5.91 Å². The molecule has 406 valence electrons. The normalized spacial score (nSPS) is 18.1. The van der Waals surface area contributed by atoms with Crippen molar-refractivity contribution in [3.8, 4) is 17.0 Å². The number of nitrogens with two attached hydrogens (primary N) is 1. The number of amides is 10. The molecule has 9 unspecified atom stereocenters. The number of nitrogens with one attached hydrogen (secondary N) is 9. The number of phenols is 1.